The van der Waals surface area contributed by atoms with Crippen LogP contribution in [0.3, 0.4) is 0 Å². The lowest BCUT2D eigenvalue weighted by Gasteiger charge is -2.24. The van der Waals surface area contributed by atoms with Crippen molar-refractivity contribution in [2.24, 2.45) is 0 Å². The zero-order chi connectivity index (χ0) is 14.8. The largest absolute Gasteiger partial charge is 0.480 e. The molecule has 0 spiro atoms. The molecule has 0 N–H and O–H groups in total. The fourth-order valence-electron chi connectivity index (χ4n) is 2.00. The van der Waals surface area contributed by atoms with Crippen molar-refractivity contribution in [1.82, 2.24) is 9.97 Å². The molecule has 3 rings (SSSR count). The van der Waals surface area contributed by atoms with Crippen LogP contribution in [0, 0.1) is 0 Å². The first-order valence-electron chi connectivity index (χ1n) is 6.28. The molecule has 0 radical (unpaired) electrons. The molecule has 2 heterocycles. The standard InChI is InChI=1S/C14H12BrClN2O2S/c1-19-6-8-12(15)13(16)18-14(17-8)10-7-21-11-5-3-2-4-9(11)20-10/h2-5,10H,6-7H2,1H3. The van der Waals surface area contributed by atoms with E-state index in [9.17, 15) is 0 Å². The highest BCUT2D eigenvalue weighted by Crippen LogP contribution is 2.40. The summed E-state index contributed by atoms with van der Waals surface area (Å²) in [5, 5.41) is 0.375. The summed E-state index contributed by atoms with van der Waals surface area (Å²) in [4.78, 5) is 9.97. The Labute approximate surface area is 140 Å². The number of thioether (sulfide) groups is 1. The highest BCUT2D eigenvalue weighted by molar-refractivity contribution is 9.10. The Balaban J connectivity index is 1.91. The van der Waals surface area contributed by atoms with Gasteiger partial charge in [-0.3, -0.25) is 0 Å². The van der Waals surface area contributed by atoms with Gasteiger partial charge in [-0.1, -0.05) is 23.7 Å². The number of rotatable bonds is 3. The van der Waals surface area contributed by atoms with Crippen LogP contribution in [-0.4, -0.2) is 22.8 Å². The molecular weight excluding hydrogens is 376 g/mol. The topological polar surface area (TPSA) is 44.2 Å². The van der Waals surface area contributed by atoms with Crippen molar-refractivity contribution in [2.75, 3.05) is 12.9 Å². The minimum Gasteiger partial charge on any atom is -0.480 e. The Morgan fingerprint density at radius 2 is 2.24 bits per heavy atom. The lowest BCUT2D eigenvalue weighted by molar-refractivity contribution is 0.177. The highest BCUT2D eigenvalue weighted by atomic mass is 79.9. The molecule has 4 nitrogen and oxygen atoms in total. The van der Waals surface area contributed by atoms with Crippen molar-refractivity contribution >= 4 is 39.3 Å². The Morgan fingerprint density at radius 3 is 3.05 bits per heavy atom. The van der Waals surface area contributed by atoms with Gasteiger partial charge in [0.15, 0.2) is 11.9 Å². The summed E-state index contributed by atoms with van der Waals surface area (Å²) in [6.45, 7) is 0.367. The first-order valence-corrected chi connectivity index (χ1v) is 8.44. The van der Waals surface area contributed by atoms with E-state index >= 15 is 0 Å². The quantitative estimate of drug-likeness (QED) is 0.736. The lowest BCUT2D eigenvalue weighted by atomic mass is 10.3. The van der Waals surface area contributed by atoms with Gasteiger partial charge in [-0.05, 0) is 28.1 Å². The van der Waals surface area contributed by atoms with E-state index in [1.807, 2.05) is 24.3 Å². The molecule has 7 heteroatoms. The molecule has 1 unspecified atom stereocenters. The van der Waals surface area contributed by atoms with Gasteiger partial charge in [0.25, 0.3) is 0 Å². The van der Waals surface area contributed by atoms with Crippen molar-refractivity contribution in [1.29, 1.82) is 0 Å². The third-order valence-electron chi connectivity index (χ3n) is 2.97. The molecule has 1 aromatic carbocycles. The summed E-state index contributed by atoms with van der Waals surface area (Å²) in [7, 11) is 1.62. The van der Waals surface area contributed by atoms with E-state index in [0.29, 0.717) is 22.1 Å². The molecule has 1 aliphatic heterocycles. The van der Waals surface area contributed by atoms with Crippen LogP contribution in [0.25, 0.3) is 0 Å². The molecule has 0 saturated heterocycles. The normalized spacial score (nSPS) is 17.2. The predicted molar refractivity (Wildman–Crippen MR) is 86.0 cm³/mol. The second kappa shape index (κ2) is 6.52. The number of aromatic nitrogens is 2. The van der Waals surface area contributed by atoms with E-state index in [0.717, 1.165) is 22.1 Å². The van der Waals surface area contributed by atoms with Crippen LogP contribution >= 0.6 is 39.3 Å². The first-order chi connectivity index (χ1) is 10.2. The maximum Gasteiger partial charge on any atom is 0.172 e. The smallest absolute Gasteiger partial charge is 0.172 e. The minimum atomic E-state index is -0.217. The summed E-state index contributed by atoms with van der Waals surface area (Å²) >= 11 is 11.3. The van der Waals surface area contributed by atoms with Crippen molar-refractivity contribution in [3.05, 3.63) is 45.4 Å². The minimum absolute atomic E-state index is 0.217. The summed E-state index contributed by atoms with van der Waals surface area (Å²) in [6, 6.07) is 7.94. The van der Waals surface area contributed by atoms with Crippen LogP contribution in [0.2, 0.25) is 5.15 Å². The average Bonchev–Trinajstić information content (AvgIpc) is 2.51. The van der Waals surface area contributed by atoms with Crippen molar-refractivity contribution < 1.29 is 9.47 Å². The van der Waals surface area contributed by atoms with Crippen LogP contribution in [-0.2, 0) is 11.3 Å². The summed E-state index contributed by atoms with van der Waals surface area (Å²) in [6.07, 6.45) is -0.217. The van der Waals surface area contributed by atoms with Gasteiger partial charge < -0.3 is 9.47 Å². The first kappa shape index (κ1) is 15.1. The molecular formula is C14H12BrClN2O2S. The second-order valence-corrected chi connectivity index (χ2v) is 6.64. The van der Waals surface area contributed by atoms with Crippen LogP contribution in [0.4, 0.5) is 0 Å². The van der Waals surface area contributed by atoms with E-state index in [1.54, 1.807) is 18.9 Å². The number of methoxy groups -OCH3 is 1. The van der Waals surface area contributed by atoms with E-state index in [2.05, 4.69) is 25.9 Å². The van der Waals surface area contributed by atoms with E-state index in [4.69, 9.17) is 21.1 Å². The van der Waals surface area contributed by atoms with Gasteiger partial charge in [0, 0.05) is 17.8 Å². The monoisotopic (exact) mass is 386 g/mol. The van der Waals surface area contributed by atoms with Gasteiger partial charge in [-0.2, -0.15) is 0 Å². The number of ether oxygens (including phenoxy) is 2. The van der Waals surface area contributed by atoms with E-state index in [-0.39, 0.29) is 6.10 Å². The SMILES string of the molecule is COCc1nc(C2CSc3ccccc3O2)nc(Cl)c1Br. The number of benzene rings is 1. The summed E-state index contributed by atoms with van der Waals surface area (Å²) in [5.41, 5.74) is 0.722. The van der Waals surface area contributed by atoms with Crippen LogP contribution in [0.15, 0.2) is 33.6 Å². The molecule has 0 amide bonds. The Bertz CT molecular complexity index is 671. The number of hydrogen-bond donors (Lipinski definition) is 0. The fraction of sp³-hybridized carbons (Fsp3) is 0.286. The highest BCUT2D eigenvalue weighted by Gasteiger charge is 2.25. The fourth-order valence-corrected chi connectivity index (χ4v) is 3.47. The van der Waals surface area contributed by atoms with Gasteiger partial charge in [0.2, 0.25) is 0 Å². The van der Waals surface area contributed by atoms with E-state index in [1.165, 1.54) is 0 Å². The summed E-state index contributed by atoms with van der Waals surface area (Å²) < 4.78 is 11.8. The zero-order valence-electron chi connectivity index (χ0n) is 11.2. The maximum atomic E-state index is 6.16. The third-order valence-corrected chi connectivity index (χ3v) is 5.43. The van der Waals surface area contributed by atoms with Gasteiger partial charge >= 0.3 is 0 Å². The molecule has 1 atom stereocenters. The number of fused-ring (bicyclic) bond motifs is 1. The van der Waals surface area contributed by atoms with Crippen LogP contribution in [0.5, 0.6) is 5.75 Å². The van der Waals surface area contributed by atoms with Gasteiger partial charge in [-0.15, -0.1) is 11.8 Å². The maximum absolute atomic E-state index is 6.16. The van der Waals surface area contributed by atoms with Crippen molar-refractivity contribution in [3.8, 4) is 5.75 Å². The number of nitrogens with zero attached hydrogens (tertiary/aromatic N) is 2. The lowest BCUT2D eigenvalue weighted by Crippen LogP contribution is -2.18. The predicted octanol–water partition coefficient (Wildman–Crippen LogP) is 4.26. The number of hydrogen-bond acceptors (Lipinski definition) is 5. The number of para-hydroxylation sites is 1. The van der Waals surface area contributed by atoms with Gasteiger partial charge in [-0.25, -0.2) is 9.97 Å². The van der Waals surface area contributed by atoms with E-state index < -0.39 is 0 Å². The van der Waals surface area contributed by atoms with Gasteiger partial charge in [0.05, 0.1) is 16.8 Å². The second-order valence-electron chi connectivity index (χ2n) is 4.43. The molecule has 0 aliphatic carbocycles. The summed E-state index contributed by atoms with van der Waals surface area (Å²) in [5.74, 6) is 2.19. The van der Waals surface area contributed by atoms with Crippen molar-refractivity contribution in [3.63, 3.8) is 0 Å². The molecule has 2 aromatic rings. The zero-order valence-corrected chi connectivity index (χ0v) is 14.3. The van der Waals surface area contributed by atoms with Gasteiger partial charge in [0.1, 0.15) is 10.9 Å². The Kier molecular flexibility index (Phi) is 4.69. The molecule has 1 aromatic heterocycles. The van der Waals surface area contributed by atoms with Crippen molar-refractivity contribution in [2.45, 2.75) is 17.6 Å². The molecule has 110 valence electrons. The molecule has 0 bridgehead atoms. The molecule has 0 saturated carbocycles. The average molecular weight is 388 g/mol. The Morgan fingerprint density at radius 1 is 1.43 bits per heavy atom. The molecule has 21 heavy (non-hydrogen) atoms. The molecule has 0 fully saturated rings. The molecule has 1 aliphatic rings. The van der Waals surface area contributed by atoms with Crippen LogP contribution in [0.1, 0.15) is 17.6 Å². The third kappa shape index (κ3) is 3.18. The van der Waals surface area contributed by atoms with Crippen LogP contribution < -0.4 is 4.74 Å². The number of halogens is 2. The Hall–Kier alpha value is -0.820.